The molecule has 6 nitrogen and oxygen atoms in total. The molecular formula is C21H20N4O2. The van der Waals surface area contributed by atoms with Crippen LogP contribution in [-0.2, 0) is 13.0 Å². The van der Waals surface area contributed by atoms with Gasteiger partial charge in [-0.15, -0.1) is 0 Å². The molecule has 136 valence electrons. The lowest BCUT2D eigenvalue weighted by atomic mass is 10.00. The van der Waals surface area contributed by atoms with E-state index in [0.717, 1.165) is 17.9 Å². The third-order valence-electron chi connectivity index (χ3n) is 4.65. The van der Waals surface area contributed by atoms with Crippen LogP contribution in [0.4, 0.5) is 11.5 Å². The Bertz CT molecular complexity index is 974. The average molecular weight is 360 g/mol. The van der Waals surface area contributed by atoms with E-state index in [2.05, 4.69) is 27.4 Å². The quantitative estimate of drug-likeness (QED) is 0.772. The van der Waals surface area contributed by atoms with E-state index in [4.69, 9.17) is 4.74 Å². The summed E-state index contributed by atoms with van der Waals surface area (Å²) in [6.07, 6.45) is 2.27. The SMILES string of the molecule is COc1cccc(Nc2cc(C(=O)N3CCc4ccccc4C3)ncn2)c1. The van der Waals surface area contributed by atoms with Crippen molar-refractivity contribution in [3.8, 4) is 5.75 Å². The van der Waals surface area contributed by atoms with Crippen molar-refractivity contribution in [3.05, 3.63) is 77.7 Å². The molecule has 4 rings (SSSR count). The van der Waals surface area contributed by atoms with Gasteiger partial charge in [-0.2, -0.15) is 0 Å². The van der Waals surface area contributed by atoms with Gasteiger partial charge in [0.1, 0.15) is 23.6 Å². The Hall–Kier alpha value is -3.41. The monoisotopic (exact) mass is 360 g/mol. The number of nitrogens with one attached hydrogen (secondary N) is 1. The Morgan fingerprint density at radius 2 is 1.93 bits per heavy atom. The van der Waals surface area contributed by atoms with Crippen LogP contribution in [0.3, 0.4) is 0 Å². The summed E-state index contributed by atoms with van der Waals surface area (Å²) >= 11 is 0. The van der Waals surface area contributed by atoms with Crippen LogP contribution in [0.15, 0.2) is 60.9 Å². The first-order valence-electron chi connectivity index (χ1n) is 8.82. The van der Waals surface area contributed by atoms with Crippen molar-refractivity contribution in [3.63, 3.8) is 0 Å². The highest BCUT2D eigenvalue weighted by Gasteiger charge is 2.22. The van der Waals surface area contributed by atoms with E-state index >= 15 is 0 Å². The molecule has 0 saturated carbocycles. The highest BCUT2D eigenvalue weighted by molar-refractivity contribution is 5.93. The summed E-state index contributed by atoms with van der Waals surface area (Å²) in [5.74, 6) is 1.23. The topological polar surface area (TPSA) is 67.3 Å². The Morgan fingerprint density at radius 1 is 1.07 bits per heavy atom. The van der Waals surface area contributed by atoms with Crippen LogP contribution in [-0.4, -0.2) is 34.4 Å². The van der Waals surface area contributed by atoms with Crippen molar-refractivity contribution < 1.29 is 9.53 Å². The first-order chi connectivity index (χ1) is 13.2. The third-order valence-corrected chi connectivity index (χ3v) is 4.65. The second-order valence-electron chi connectivity index (χ2n) is 6.39. The van der Waals surface area contributed by atoms with Gasteiger partial charge in [0.25, 0.3) is 5.91 Å². The fraction of sp³-hybridized carbons (Fsp3) is 0.190. The van der Waals surface area contributed by atoms with Gasteiger partial charge in [-0.1, -0.05) is 30.3 Å². The molecule has 0 unspecified atom stereocenters. The highest BCUT2D eigenvalue weighted by atomic mass is 16.5. The van der Waals surface area contributed by atoms with Crippen LogP contribution in [0, 0.1) is 0 Å². The van der Waals surface area contributed by atoms with E-state index in [1.807, 2.05) is 41.3 Å². The maximum atomic E-state index is 12.9. The van der Waals surface area contributed by atoms with Crippen LogP contribution in [0.2, 0.25) is 0 Å². The molecule has 1 aromatic heterocycles. The van der Waals surface area contributed by atoms with Gasteiger partial charge in [-0.3, -0.25) is 4.79 Å². The third kappa shape index (κ3) is 3.74. The normalized spacial score (nSPS) is 13.0. The van der Waals surface area contributed by atoms with E-state index in [0.29, 0.717) is 24.6 Å². The average Bonchev–Trinajstić information content (AvgIpc) is 2.73. The number of carbonyl (C=O) groups is 1. The molecule has 0 spiro atoms. The predicted octanol–water partition coefficient (Wildman–Crippen LogP) is 3.43. The molecule has 1 aliphatic rings. The number of rotatable bonds is 4. The number of nitrogens with zero attached hydrogens (tertiary/aromatic N) is 3. The molecule has 0 fully saturated rings. The number of carbonyl (C=O) groups excluding carboxylic acids is 1. The zero-order valence-corrected chi connectivity index (χ0v) is 15.1. The molecule has 27 heavy (non-hydrogen) atoms. The van der Waals surface area contributed by atoms with Gasteiger partial charge in [0, 0.05) is 30.9 Å². The van der Waals surface area contributed by atoms with Crippen molar-refractivity contribution in [2.24, 2.45) is 0 Å². The van der Waals surface area contributed by atoms with Crippen molar-refractivity contribution in [2.45, 2.75) is 13.0 Å². The second kappa shape index (κ2) is 7.45. The van der Waals surface area contributed by atoms with E-state index < -0.39 is 0 Å². The minimum Gasteiger partial charge on any atom is -0.497 e. The number of aromatic nitrogens is 2. The zero-order chi connectivity index (χ0) is 18.6. The molecule has 0 bridgehead atoms. The number of anilines is 2. The molecule has 0 saturated heterocycles. The minimum absolute atomic E-state index is 0.0828. The van der Waals surface area contributed by atoms with Crippen molar-refractivity contribution >= 4 is 17.4 Å². The number of benzene rings is 2. The minimum atomic E-state index is -0.0828. The van der Waals surface area contributed by atoms with Crippen LogP contribution in [0.25, 0.3) is 0 Å². The van der Waals surface area contributed by atoms with E-state index in [1.54, 1.807) is 13.2 Å². The van der Waals surface area contributed by atoms with Crippen LogP contribution in [0.5, 0.6) is 5.75 Å². The van der Waals surface area contributed by atoms with Crippen molar-refractivity contribution in [2.75, 3.05) is 19.0 Å². The van der Waals surface area contributed by atoms with E-state index in [9.17, 15) is 4.79 Å². The number of hydrogen-bond acceptors (Lipinski definition) is 5. The Labute approximate surface area is 157 Å². The number of ether oxygens (including phenoxy) is 1. The van der Waals surface area contributed by atoms with Gasteiger partial charge in [0.15, 0.2) is 0 Å². The molecule has 2 aromatic carbocycles. The zero-order valence-electron chi connectivity index (χ0n) is 15.1. The summed E-state index contributed by atoms with van der Waals surface area (Å²) in [5.41, 5.74) is 3.72. The lowest BCUT2D eigenvalue weighted by molar-refractivity contribution is 0.0728. The lowest BCUT2D eigenvalue weighted by Crippen LogP contribution is -2.36. The Kier molecular flexibility index (Phi) is 4.70. The van der Waals surface area contributed by atoms with E-state index in [1.165, 1.54) is 17.5 Å². The molecule has 1 aliphatic heterocycles. The molecule has 0 radical (unpaired) electrons. The van der Waals surface area contributed by atoms with Gasteiger partial charge in [0.2, 0.25) is 0 Å². The molecule has 1 amide bonds. The van der Waals surface area contributed by atoms with E-state index in [-0.39, 0.29) is 5.91 Å². The largest absolute Gasteiger partial charge is 0.497 e. The summed E-state index contributed by atoms with van der Waals surface area (Å²) < 4.78 is 5.23. The fourth-order valence-corrected chi connectivity index (χ4v) is 3.22. The summed E-state index contributed by atoms with van der Waals surface area (Å²) in [6, 6.07) is 17.5. The van der Waals surface area contributed by atoms with Gasteiger partial charge < -0.3 is 15.0 Å². The second-order valence-corrected chi connectivity index (χ2v) is 6.39. The number of methoxy groups -OCH3 is 1. The maximum absolute atomic E-state index is 12.9. The molecule has 6 heteroatoms. The van der Waals surface area contributed by atoms with Gasteiger partial charge in [-0.25, -0.2) is 9.97 Å². The van der Waals surface area contributed by atoms with Crippen molar-refractivity contribution in [1.29, 1.82) is 0 Å². The number of hydrogen-bond donors (Lipinski definition) is 1. The van der Waals surface area contributed by atoms with Crippen molar-refractivity contribution in [1.82, 2.24) is 14.9 Å². The maximum Gasteiger partial charge on any atom is 0.272 e. The van der Waals surface area contributed by atoms with Crippen LogP contribution in [0.1, 0.15) is 21.6 Å². The van der Waals surface area contributed by atoms with Crippen LogP contribution >= 0.6 is 0 Å². The van der Waals surface area contributed by atoms with Gasteiger partial charge >= 0.3 is 0 Å². The van der Waals surface area contributed by atoms with Gasteiger partial charge in [-0.05, 0) is 29.7 Å². The molecule has 2 heterocycles. The summed E-state index contributed by atoms with van der Waals surface area (Å²) in [4.78, 5) is 23.1. The summed E-state index contributed by atoms with van der Waals surface area (Å²) in [7, 11) is 1.62. The molecule has 1 N–H and O–H groups in total. The molecular weight excluding hydrogens is 340 g/mol. The first-order valence-corrected chi connectivity index (χ1v) is 8.82. The van der Waals surface area contributed by atoms with Crippen LogP contribution < -0.4 is 10.1 Å². The molecule has 0 aliphatic carbocycles. The fourth-order valence-electron chi connectivity index (χ4n) is 3.22. The number of fused-ring (bicyclic) bond motifs is 1. The Balaban J connectivity index is 1.51. The standard InChI is InChI=1S/C21H20N4O2/c1-27-18-8-4-7-17(11-18)24-20-12-19(22-14-23-20)21(26)25-10-9-15-5-2-3-6-16(15)13-25/h2-8,11-12,14H,9-10,13H2,1H3,(H,22,23,24). The molecule has 3 aromatic rings. The molecule has 0 atom stereocenters. The van der Waals surface area contributed by atoms with Gasteiger partial charge in [0.05, 0.1) is 7.11 Å². The summed E-state index contributed by atoms with van der Waals surface area (Å²) in [5, 5.41) is 3.19. The first kappa shape index (κ1) is 17.0. The predicted molar refractivity (Wildman–Crippen MR) is 103 cm³/mol. The summed E-state index contributed by atoms with van der Waals surface area (Å²) in [6.45, 7) is 1.30. The number of amides is 1. The lowest BCUT2D eigenvalue weighted by Gasteiger charge is -2.28. The smallest absolute Gasteiger partial charge is 0.272 e. The Morgan fingerprint density at radius 3 is 2.78 bits per heavy atom. The highest BCUT2D eigenvalue weighted by Crippen LogP contribution is 2.22.